The molecule has 3 N–H and O–H groups in total. The highest BCUT2D eigenvalue weighted by Crippen LogP contribution is 2.30. The molecule has 0 aromatic heterocycles. The highest BCUT2D eigenvalue weighted by atomic mass is 19.1. The molecule has 6 nitrogen and oxygen atoms in total. The number of likely N-dealkylation sites (tertiary alicyclic amines) is 1. The van der Waals surface area contributed by atoms with Crippen LogP contribution in [-0.2, 0) is 9.59 Å². The van der Waals surface area contributed by atoms with Crippen LogP contribution >= 0.6 is 0 Å². The minimum atomic E-state index is -1.48. The van der Waals surface area contributed by atoms with Gasteiger partial charge in [-0.15, -0.1) is 0 Å². The second-order valence-corrected chi connectivity index (χ2v) is 7.42. The molecule has 3 rings (SSSR count). The van der Waals surface area contributed by atoms with E-state index in [2.05, 4.69) is 10.6 Å². The lowest BCUT2D eigenvalue weighted by Crippen LogP contribution is -2.51. The fourth-order valence-electron chi connectivity index (χ4n) is 3.78. The number of amides is 2. The molecule has 8 heteroatoms. The average molecular weight is 381 g/mol. The summed E-state index contributed by atoms with van der Waals surface area (Å²) in [5, 5.41) is 15.1. The monoisotopic (exact) mass is 381 g/mol. The molecular formula is C19H25F2N3O3. The van der Waals surface area contributed by atoms with Crippen LogP contribution in [0.1, 0.15) is 37.2 Å². The fourth-order valence-corrected chi connectivity index (χ4v) is 3.78. The van der Waals surface area contributed by atoms with Crippen molar-refractivity contribution in [3.63, 3.8) is 0 Å². The van der Waals surface area contributed by atoms with Gasteiger partial charge < -0.3 is 20.6 Å². The number of benzene rings is 1. The molecule has 1 aromatic rings. The maximum absolute atomic E-state index is 14.6. The van der Waals surface area contributed by atoms with Crippen molar-refractivity contribution in [2.75, 3.05) is 32.7 Å². The molecule has 2 amide bonds. The van der Waals surface area contributed by atoms with Crippen molar-refractivity contribution >= 4 is 11.8 Å². The quantitative estimate of drug-likeness (QED) is 0.692. The Balaban J connectivity index is 1.58. The van der Waals surface area contributed by atoms with Crippen LogP contribution in [0.2, 0.25) is 0 Å². The summed E-state index contributed by atoms with van der Waals surface area (Å²) in [5.41, 5.74) is -0.882. The summed E-state index contributed by atoms with van der Waals surface area (Å²) in [7, 11) is 0. The zero-order valence-electron chi connectivity index (χ0n) is 15.1. The van der Waals surface area contributed by atoms with E-state index in [-0.39, 0.29) is 24.8 Å². The molecule has 2 aliphatic rings. The summed E-state index contributed by atoms with van der Waals surface area (Å²) in [4.78, 5) is 26.1. The molecule has 1 atom stereocenters. The van der Waals surface area contributed by atoms with Crippen LogP contribution in [0.3, 0.4) is 0 Å². The predicted octanol–water partition coefficient (Wildman–Crippen LogP) is 1.45. The zero-order chi connectivity index (χ0) is 19.4. The third-order valence-electron chi connectivity index (χ3n) is 5.34. The van der Waals surface area contributed by atoms with Crippen molar-refractivity contribution in [3.05, 3.63) is 29.6 Å². The SMILES string of the molecule is O=C(NCC1(F)CCNCC1)C(=O)N1CCCC(c2cc(O)cc(F)c2)C1. The first-order valence-electron chi connectivity index (χ1n) is 9.32. The number of hydrogen-bond acceptors (Lipinski definition) is 4. The summed E-state index contributed by atoms with van der Waals surface area (Å²) in [6, 6.07) is 3.84. The van der Waals surface area contributed by atoms with Crippen molar-refractivity contribution < 1.29 is 23.5 Å². The molecule has 148 valence electrons. The summed E-state index contributed by atoms with van der Waals surface area (Å²) in [6.45, 7) is 1.62. The molecular weight excluding hydrogens is 356 g/mol. The standard InChI is InChI=1S/C19H25F2N3O3/c20-15-8-14(9-16(25)10-15)13-2-1-7-24(11-13)18(27)17(26)23-12-19(21)3-5-22-6-4-19/h8-10,13,22,25H,1-7,11-12H2,(H,23,26). The van der Waals surface area contributed by atoms with E-state index in [0.717, 1.165) is 12.5 Å². The highest BCUT2D eigenvalue weighted by Gasteiger charge is 2.34. The lowest BCUT2D eigenvalue weighted by Gasteiger charge is -2.33. The second kappa shape index (κ2) is 8.21. The van der Waals surface area contributed by atoms with E-state index in [1.54, 1.807) is 0 Å². The van der Waals surface area contributed by atoms with Crippen LogP contribution in [0.25, 0.3) is 0 Å². The Bertz CT molecular complexity index is 687. The van der Waals surface area contributed by atoms with Gasteiger partial charge in [-0.25, -0.2) is 8.78 Å². The zero-order valence-corrected chi connectivity index (χ0v) is 15.1. The molecule has 2 fully saturated rings. The summed E-state index contributed by atoms with van der Waals surface area (Å²) in [5.74, 6) is -2.37. The first kappa shape index (κ1) is 19.5. The molecule has 1 aromatic carbocycles. The number of nitrogens with one attached hydrogen (secondary N) is 2. The third kappa shape index (κ3) is 4.94. The van der Waals surface area contributed by atoms with Crippen LogP contribution < -0.4 is 10.6 Å². The Labute approximate surface area is 156 Å². The summed E-state index contributed by atoms with van der Waals surface area (Å²) >= 11 is 0. The first-order chi connectivity index (χ1) is 12.9. The van der Waals surface area contributed by atoms with Gasteiger partial charge in [-0.3, -0.25) is 9.59 Å². The highest BCUT2D eigenvalue weighted by molar-refractivity contribution is 6.35. The van der Waals surface area contributed by atoms with Crippen LogP contribution in [0.15, 0.2) is 18.2 Å². The predicted molar refractivity (Wildman–Crippen MR) is 95.6 cm³/mol. The van der Waals surface area contributed by atoms with E-state index in [9.17, 15) is 23.5 Å². The largest absolute Gasteiger partial charge is 0.508 e. The Morgan fingerprint density at radius 2 is 2.04 bits per heavy atom. The second-order valence-electron chi connectivity index (χ2n) is 7.42. The van der Waals surface area contributed by atoms with E-state index < -0.39 is 23.3 Å². The molecule has 27 heavy (non-hydrogen) atoms. The van der Waals surface area contributed by atoms with E-state index >= 15 is 0 Å². The van der Waals surface area contributed by atoms with Crippen molar-refractivity contribution in [2.24, 2.45) is 0 Å². The molecule has 1 unspecified atom stereocenters. The summed E-state index contributed by atoms with van der Waals surface area (Å²) < 4.78 is 28.1. The Morgan fingerprint density at radius 3 is 2.74 bits per heavy atom. The maximum Gasteiger partial charge on any atom is 0.311 e. The van der Waals surface area contributed by atoms with Gasteiger partial charge in [0, 0.05) is 25.1 Å². The molecule has 2 aliphatic heterocycles. The number of phenolic OH excluding ortho intramolecular Hbond substituents is 1. The molecule has 0 bridgehead atoms. The van der Waals surface area contributed by atoms with E-state index in [1.165, 1.54) is 17.0 Å². The minimum Gasteiger partial charge on any atom is -0.508 e. The number of alkyl halides is 1. The fraction of sp³-hybridized carbons (Fsp3) is 0.579. The Morgan fingerprint density at radius 1 is 1.30 bits per heavy atom. The van der Waals surface area contributed by atoms with E-state index in [1.807, 2.05) is 0 Å². The topological polar surface area (TPSA) is 81.7 Å². The van der Waals surface area contributed by atoms with Gasteiger partial charge in [0.2, 0.25) is 0 Å². The number of carbonyl (C=O) groups is 2. The number of halogens is 2. The van der Waals surface area contributed by atoms with Crippen molar-refractivity contribution in [1.29, 1.82) is 0 Å². The van der Waals surface area contributed by atoms with Gasteiger partial charge in [0.15, 0.2) is 0 Å². The van der Waals surface area contributed by atoms with Crippen molar-refractivity contribution in [2.45, 2.75) is 37.3 Å². The number of piperidine rings is 2. The van der Waals surface area contributed by atoms with Crippen LogP contribution in [-0.4, -0.2) is 60.2 Å². The lowest BCUT2D eigenvalue weighted by atomic mass is 9.90. The minimum absolute atomic E-state index is 0.158. The molecule has 0 spiro atoms. The Kier molecular flexibility index (Phi) is 5.94. The number of carbonyl (C=O) groups excluding carboxylic acids is 2. The van der Waals surface area contributed by atoms with Gasteiger partial charge in [0.25, 0.3) is 0 Å². The van der Waals surface area contributed by atoms with Gasteiger partial charge in [-0.2, -0.15) is 0 Å². The molecule has 2 heterocycles. The van der Waals surface area contributed by atoms with Crippen molar-refractivity contribution in [1.82, 2.24) is 15.5 Å². The number of nitrogens with zero attached hydrogens (tertiary/aromatic N) is 1. The third-order valence-corrected chi connectivity index (χ3v) is 5.34. The lowest BCUT2D eigenvalue weighted by molar-refractivity contribution is -0.147. The molecule has 0 radical (unpaired) electrons. The number of hydrogen-bond donors (Lipinski definition) is 3. The maximum atomic E-state index is 14.6. The van der Waals surface area contributed by atoms with E-state index in [4.69, 9.17) is 0 Å². The van der Waals surface area contributed by atoms with Gasteiger partial charge in [-0.05, 0) is 56.5 Å². The smallest absolute Gasteiger partial charge is 0.311 e. The molecule has 0 saturated carbocycles. The van der Waals surface area contributed by atoms with Gasteiger partial charge in [-0.1, -0.05) is 0 Å². The van der Waals surface area contributed by atoms with Crippen LogP contribution in [0.5, 0.6) is 5.75 Å². The normalized spacial score (nSPS) is 22.3. The number of phenols is 1. The Hall–Kier alpha value is -2.22. The molecule has 2 saturated heterocycles. The van der Waals surface area contributed by atoms with Gasteiger partial charge in [0.1, 0.15) is 17.2 Å². The number of rotatable bonds is 3. The number of aromatic hydroxyl groups is 1. The van der Waals surface area contributed by atoms with E-state index in [0.29, 0.717) is 44.5 Å². The summed E-state index contributed by atoms with van der Waals surface area (Å²) in [6.07, 6.45) is 2.00. The van der Waals surface area contributed by atoms with Gasteiger partial charge >= 0.3 is 11.8 Å². The van der Waals surface area contributed by atoms with Crippen LogP contribution in [0.4, 0.5) is 8.78 Å². The molecule has 0 aliphatic carbocycles. The average Bonchev–Trinajstić information content (AvgIpc) is 2.65. The van der Waals surface area contributed by atoms with Crippen LogP contribution in [0, 0.1) is 5.82 Å². The van der Waals surface area contributed by atoms with Gasteiger partial charge in [0.05, 0.1) is 6.54 Å². The van der Waals surface area contributed by atoms with Crippen molar-refractivity contribution in [3.8, 4) is 5.75 Å². The first-order valence-corrected chi connectivity index (χ1v) is 9.32.